The van der Waals surface area contributed by atoms with Crippen molar-refractivity contribution in [3.05, 3.63) is 143 Å². The molecular formula is C35H30N6O3S. The number of phenols is 1. The molecule has 45 heavy (non-hydrogen) atoms. The summed E-state index contributed by atoms with van der Waals surface area (Å²) in [6, 6.07) is 31.5. The predicted molar refractivity (Wildman–Crippen MR) is 177 cm³/mol. The molecule has 0 fully saturated rings. The first-order valence-corrected chi connectivity index (χ1v) is 15.9. The second kappa shape index (κ2) is 11.5. The summed E-state index contributed by atoms with van der Waals surface area (Å²) in [5, 5.41) is 18.7. The lowest BCUT2D eigenvalue weighted by molar-refractivity contribution is 0.476. The monoisotopic (exact) mass is 614 g/mol. The van der Waals surface area contributed by atoms with Crippen LogP contribution in [0.5, 0.6) is 5.75 Å². The summed E-state index contributed by atoms with van der Waals surface area (Å²) in [6.07, 6.45) is 7.55. The van der Waals surface area contributed by atoms with Crippen LogP contribution < -0.4 is 25.6 Å². The van der Waals surface area contributed by atoms with E-state index < -0.39 is 10.0 Å². The number of hydrogen-bond donors (Lipinski definition) is 3. The van der Waals surface area contributed by atoms with Crippen LogP contribution in [0.2, 0.25) is 0 Å². The molecule has 10 heteroatoms. The molecule has 0 spiro atoms. The average Bonchev–Trinajstić information content (AvgIpc) is 3.55. The maximum Gasteiger partial charge on any atom is 0.263 e. The minimum Gasteiger partial charge on any atom is -0.508 e. The van der Waals surface area contributed by atoms with E-state index in [1.54, 1.807) is 60.8 Å². The number of aromatic nitrogens is 3. The van der Waals surface area contributed by atoms with Crippen LogP contribution in [0.1, 0.15) is 22.7 Å². The van der Waals surface area contributed by atoms with Gasteiger partial charge < -0.3 is 15.4 Å². The first-order chi connectivity index (χ1) is 21.9. The Labute approximate surface area is 260 Å². The number of nitrogens with zero attached hydrogens (tertiary/aromatic N) is 4. The second-order valence-corrected chi connectivity index (χ2v) is 12.5. The summed E-state index contributed by atoms with van der Waals surface area (Å²) in [7, 11) is -1.74. The molecule has 0 aliphatic carbocycles. The average molecular weight is 615 g/mol. The zero-order valence-electron chi connectivity index (χ0n) is 24.4. The van der Waals surface area contributed by atoms with E-state index in [1.807, 2.05) is 30.3 Å². The fourth-order valence-electron chi connectivity index (χ4n) is 5.67. The van der Waals surface area contributed by atoms with E-state index in [1.165, 1.54) is 6.20 Å². The standard InChI is InChI=1S/C35H30N6O3S/c1-40-32(26-12-8-25(9-13-26)23-38-34-6-2-4-18-36-34)22-33-29(30-21-27(42)14-17-31(30)41(33)40)20-24-10-15-28(16-11-24)45(43,44)39-35-7-3-5-19-37-35/h2-22,32,42H,23H2,1H3,(H,36,38)(H,37,39)/b29-20-. The van der Waals surface area contributed by atoms with Gasteiger partial charge in [0, 0.05) is 36.6 Å². The molecule has 6 aromatic rings. The van der Waals surface area contributed by atoms with Gasteiger partial charge in [-0.2, -0.15) is 0 Å². The maximum atomic E-state index is 12.9. The van der Waals surface area contributed by atoms with Crippen molar-refractivity contribution in [2.45, 2.75) is 17.5 Å². The summed E-state index contributed by atoms with van der Waals surface area (Å²) in [5.74, 6) is 1.27. The van der Waals surface area contributed by atoms with Crippen molar-refractivity contribution in [3.8, 4) is 5.75 Å². The third-order valence-corrected chi connectivity index (χ3v) is 9.27. The van der Waals surface area contributed by atoms with Crippen LogP contribution in [0, 0.1) is 0 Å². The Morgan fingerprint density at radius 3 is 2.27 bits per heavy atom. The predicted octanol–water partition coefficient (Wildman–Crippen LogP) is 4.48. The molecule has 0 saturated carbocycles. The number of sulfonamides is 1. The minimum absolute atomic E-state index is 0.00617. The summed E-state index contributed by atoms with van der Waals surface area (Å²) in [5.41, 5.74) is 4.09. The lowest BCUT2D eigenvalue weighted by atomic mass is 10.0. The number of fused-ring (bicyclic) bond motifs is 3. The third kappa shape index (κ3) is 5.59. The van der Waals surface area contributed by atoms with E-state index in [0.29, 0.717) is 6.54 Å². The molecule has 1 aliphatic heterocycles. The van der Waals surface area contributed by atoms with E-state index in [4.69, 9.17) is 0 Å². The Bertz CT molecular complexity index is 2220. The van der Waals surface area contributed by atoms with Crippen molar-refractivity contribution >= 4 is 44.7 Å². The molecule has 9 nitrogen and oxygen atoms in total. The number of pyridine rings is 2. The highest BCUT2D eigenvalue weighted by molar-refractivity contribution is 7.92. The number of anilines is 2. The number of rotatable bonds is 8. The number of aromatic hydroxyl groups is 1. The van der Waals surface area contributed by atoms with Crippen LogP contribution in [-0.4, -0.2) is 35.2 Å². The van der Waals surface area contributed by atoms with Crippen LogP contribution in [-0.2, 0) is 16.6 Å². The Kier molecular flexibility index (Phi) is 7.19. The molecule has 0 saturated heterocycles. The van der Waals surface area contributed by atoms with Gasteiger partial charge >= 0.3 is 0 Å². The molecule has 4 heterocycles. The highest BCUT2D eigenvalue weighted by atomic mass is 32.2. The van der Waals surface area contributed by atoms with E-state index in [9.17, 15) is 13.5 Å². The van der Waals surface area contributed by atoms with Crippen LogP contribution >= 0.6 is 0 Å². The highest BCUT2D eigenvalue weighted by Crippen LogP contribution is 2.27. The van der Waals surface area contributed by atoms with Gasteiger partial charge in [-0.25, -0.2) is 18.4 Å². The number of benzene rings is 3. The van der Waals surface area contributed by atoms with Gasteiger partial charge in [-0.1, -0.05) is 48.5 Å². The third-order valence-electron chi connectivity index (χ3n) is 7.90. The van der Waals surface area contributed by atoms with Crippen LogP contribution in [0.15, 0.2) is 120 Å². The fourth-order valence-corrected chi connectivity index (χ4v) is 6.68. The number of hydrogen-bond acceptors (Lipinski definition) is 7. The van der Waals surface area contributed by atoms with Crippen LogP contribution in [0.4, 0.5) is 11.6 Å². The van der Waals surface area contributed by atoms with Crippen molar-refractivity contribution in [2.75, 3.05) is 22.1 Å². The largest absolute Gasteiger partial charge is 0.508 e. The van der Waals surface area contributed by atoms with Gasteiger partial charge in [-0.3, -0.25) is 9.40 Å². The first kappa shape index (κ1) is 28.2. The highest BCUT2D eigenvalue weighted by Gasteiger charge is 2.25. The Balaban J connectivity index is 1.21. The van der Waals surface area contributed by atoms with Crippen molar-refractivity contribution in [1.29, 1.82) is 0 Å². The van der Waals surface area contributed by atoms with Gasteiger partial charge in [-0.15, -0.1) is 0 Å². The maximum absolute atomic E-state index is 12.9. The Morgan fingerprint density at radius 1 is 0.867 bits per heavy atom. The van der Waals surface area contributed by atoms with Gasteiger partial charge in [0.15, 0.2) is 0 Å². The quantitative estimate of drug-likeness (QED) is 0.232. The van der Waals surface area contributed by atoms with E-state index >= 15 is 0 Å². The smallest absolute Gasteiger partial charge is 0.263 e. The van der Waals surface area contributed by atoms with Gasteiger partial charge in [-0.05, 0) is 83.4 Å². The lowest BCUT2D eigenvalue weighted by Crippen LogP contribution is -2.35. The molecule has 0 amide bonds. The van der Waals surface area contributed by atoms with E-state index in [-0.39, 0.29) is 22.5 Å². The Morgan fingerprint density at radius 2 is 1.58 bits per heavy atom. The van der Waals surface area contributed by atoms with Crippen molar-refractivity contribution in [3.63, 3.8) is 0 Å². The van der Waals surface area contributed by atoms with Crippen LogP contribution in [0.25, 0.3) is 23.1 Å². The first-order valence-electron chi connectivity index (χ1n) is 14.4. The SMILES string of the molecule is CN1C(c2ccc(CNc3ccccn3)cc2)C=c2/c(=C\c3ccc(S(=O)(=O)Nc4ccccn4)cc3)c3cc(O)ccc3n21. The molecule has 1 unspecified atom stereocenters. The molecule has 3 N–H and O–H groups in total. The molecule has 0 radical (unpaired) electrons. The summed E-state index contributed by atoms with van der Waals surface area (Å²) in [4.78, 5) is 8.52. The zero-order valence-corrected chi connectivity index (χ0v) is 25.2. The molecule has 7 rings (SSSR count). The van der Waals surface area contributed by atoms with E-state index in [2.05, 4.69) is 67.1 Å². The summed E-state index contributed by atoms with van der Waals surface area (Å²) in [6.45, 7) is 0.675. The molecule has 0 bridgehead atoms. The van der Waals surface area contributed by atoms with Gasteiger partial charge in [0.25, 0.3) is 10.0 Å². The molecule has 3 aromatic heterocycles. The topological polar surface area (TPSA) is 112 Å². The van der Waals surface area contributed by atoms with Gasteiger partial charge in [0.05, 0.1) is 21.8 Å². The number of nitrogens with one attached hydrogen (secondary N) is 2. The van der Waals surface area contributed by atoms with Crippen LogP contribution in [0.3, 0.4) is 0 Å². The van der Waals surface area contributed by atoms with E-state index in [0.717, 1.165) is 44.0 Å². The van der Waals surface area contributed by atoms with Crippen molar-refractivity contribution < 1.29 is 13.5 Å². The summed E-state index contributed by atoms with van der Waals surface area (Å²) >= 11 is 0. The van der Waals surface area contributed by atoms with Gasteiger partial charge in [0.2, 0.25) is 0 Å². The number of phenolic OH excluding ortho intramolecular Hbond substituents is 1. The minimum atomic E-state index is -3.79. The Hall–Kier alpha value is -5.61. The molecule has 224 valence electrons. The second-order valence-electron chi connectivity index (χ2n) is 10.8. The molecular weight excluding hydrogens is 584 g/mol. The van der Waals surface area contributed by atoms with Crippen molar-refractivity contribution in [1.82, 2.24) is 14.6 Å². The molecule has 3 aromatic carbocycles. The van der Waals surface area contributed by atoms with Crippen molar-refractivity contribution in [2.24, 2.45) is 0 Å². The summed E-state index contributed by atoms with van der Waals surface area (Å²) < 4.78 is 30.5. The fraction of sp³-hybridized carbons (Fsp3) is 0.0857. The van der Waals surface area contributed by atoms with Gasteiger partial charge in [0.1, 0.15) is 17.4 Å². The zero-order chi connectivity index (χ0) is 31.0. The normalized spacial score (nSPS) is 14.7. The molecule has 1 aliphatic rings. The lowest BCUT2D eigenvalue weighted by Gasteiger charge is -2.25. The molecule has 1 atom stereocenters.